The molecule has 0 atom stereocenters. The average molecular weight is 750 g/mol. The number of benzene rings is 11. The SMILES string of the molecule is c1ccc(-c2cccc(-c3ccc(N(c4ccc(-c5ccc6ccc7ccccc7c6c5)cc4)c4cccc(-c5ccc6ccc7ccccc7c6c5)c4)cc3)c2)cc1. The summed E-state index contributed by atoms with van der Waals surface area (Å²) in [5.74, 6) is 0. The van der Waals surface area contributed by atoms with Crippen LogP contribution < -0.4 is 4.90 Å². The summed E-state index contributed by atoms with van der Waals surface area (Å²) in [4.78, 5) is 2.38. The predicted molar refractivity (Wildman–Crippen MR) is 253 cm³/mol. The lowest BCUT2D eigenvalue weighted by molar-refractivity contribution is 1.28. The van der Waals surface area contributed by atoms with Crippen LogP contribution in [0.1, 0.15) is 0 Å². The van der Waals surface area contributed by atoms with E-state index in [2.05, 4.69) is 241 Å². The molecule has 0 saturated carbocycles. The first-order valence-electron chi connectivity index (χ1n) is 20.3. The van der Waals surface area contributed by atoms with Gasteiger partial charge in [-0.2, -0.15) is 0 Å². The molecule has 11 aromatic rings. The lowest BCUT2D eigenvalue weighted by Gasteiger charge is -2.26. The van der Waals surface area contributed by atoms with Crippen LogP contribution in [0.2, 0.25) is 0 Å². The van der Waals surface area contributed by atoms with E-state index in [0.29, 0.717) is 0 Å². The Kier molecular flexibility index (Phi) is 8.56. The third-order valence-corrected chi connectivity index (χ3v) is 11.8. The smallest absolute Gasteiger partial charge is 0.0467 e. The van der Waals surface area contributed by atoms with Crippen LogP contribution in [0.15, 0.2) is 237 Å². The predicted octanol–water partition coefficient (Wildman–Crippen LogP) is 16.4. The molecule has 0 bridgehead atoms. The van der Waals surface area contributed by atoms with Crippen LogP contribution >= 0.6 is 0 Å². The first kappa shape index (κ1) is 34.5. The van der Waals surface area contributed by atoms with E-state index in [1.807, 2.05) is 0 Å². The van der Waals surface area contributed by atoms with Gasteiger partial charge in [0, 0.05) is 17.1 Å². The molecule has 11 rings (SSSR count). The van der Waals surface area contributed by atoms with Crippen LogP contribution in [0.25, 0.3) is 87.6 Å². The van der Waals surface area contributed by atoms with Crippen LogP contribution in [-0.4, -0.2) is 0 Å². The summed E-state index contributed by atoms with van der Waals surface area (Å²) in [6, 6.07) is 86.3. The van der Waals surface area contributed by atoms with Crippen molar-refractivity contribution in [1.82, 2.24) is 0 Å². The molecule has 0 amide bonds. The summed E-state index contributed by atoms with van der Waals surface area (Å²) in [6.07, 6.45) is 0. The average Bonchev–Trinajstić information content (AvgIpc) is 3.32. The maximum absolute atomic E-state index is 2.38. The number of nitrogens with zero attached hydrogens (tertiary/aromatic N) is 1. The zero-order valence-corrected chi connectivity index (χ0v) is 32.5. The quantitative estimate of drug-likeness (QED) is 0.147. The Labute approximate surface area is 344 Å². The molecular weight excluding hydrogens is 711 g/mol. The van der Waals surface area contributed by atoms with E-state index in [-0.39, 0.29) is 0 Å². The normalized spacial score (nSPS) is 11.4. The van der Waals surface area contributed by atoms with Gasteiger partial charge < -0.3 is 4.90 Å². The second-order valence-electron chi connectivity index (χ2n) is 15.4. The fourth-order valence-electron chi connectivity index (χ4n) is 8.75. The molecule has 0 aliphatic rings. The summed E-state index contributed by atoms with van der Waals surface area (Å²) >= 11 is 0. The van der Waals surface area contributed by atoms with Gasteiger partial charge in [0.15, 0.2) is 0 Å². The van der Waals surface area contributed by atoms with Gasteiger partial charge in [0.05, 0.1) is 0 Å². The van der Waals surface area contributed by atoms with Crippen molar-refractivity contribution < 1.29 is 0 Å². The third kappa shape index (κ3) is 6.49. The minimum absolute atomic E-state index is 1.10. The molecule has 0 aliphatic heterocycles. The fourth-order valence-corrected chi connectivity index (χ4v) is 8.75. The van der Waals surface area contributed by atoms with E-state index in [1.165, 1.54) is 87.6 Å². The first-order chi connectivity index (χ1) is 29.2. The Bertz CT molecular complexity index is 3310. The van der Waals surface area contributed by atoms with Gasteiger partial charge in [-0.05, 0) is 142 Å². The monoisotopic (exact) mass is 749 g/mol. The van der Waals surface area contributed by atoms with Gasteiger partial charge in [0.25, 0.3) is 0 Å². The molecule has 1 heteroatoms. The zero-order chi connectivity index (χ0) is 39.1. The number of hydrogen-bond acceptors (Lipinski definition) is 1. The van der Waals surface area contributed by atoms with Crippen molar-refractivity contribution in [3.8, 4) is 44.5 Å². The maximum atomic E-state index is 2.38. The van der Waals surface area contributed by atoms with Gasteiger partial charge in [-0.15, -0.1) is 0 Å². The van der Waals surface area contributed by atoms with Crippen LogP contribution in [0.3, 0.4) is 0 Å². The molecule has 0 heterocycles. The molecule has 11 aromatic carbocycles. The summed E-state index contributed by atoms with van der Waals surface area (Å²) in [6.45, 7) is 0. The Morgan fingerprint density at radius 1 is 0.186 bits per heavy atom. The maximum Gasteiger partial charge on any atom is 0.0467 e. The molecule has 0 fully saturated rings. The van der Waals surface area contributed by atoms with Crippen molar-refractivity contribution in [1.29, 1.82) is 0 Å². The van der Waals surface area contributed by atoms with Gasteiger partial charge in [0.1, 0.15) is 0 Å². The molecule has 0 N–H and O–H groups in total. The van der Waals surface area contributed by atoms with Gasteiger partial charge in [-0.1, -0.05) is 182 Å². The van der Waals surface area contributed by atoms with Crippen molar-refractivity contribution in [3.63, 3.8) is 0 Å². The number of anilines is 3. The fraction of sp³-hybridized carbons (Fsp3) is 0. The summed E-state index contributed by atoms with van der Waals surface area (Å²) < 4.78 is 0. The van der Waals surface area contributed by atoms with E-state index in [9.17, 15) is 0 Å². The number of hydrogen-bond donors (Lipinski definition) is 0. The molecule has 1 nitrogen and oxygen atoms in total. The van der Waals surface area contributed by atoms with Gasteiger partial charge >= 0.3 is 0 Å². The third-order valence-electron chi connectivity index (χ3n) is 11.8. The lowest BCUT2D eigenvalue weighted by Crippen LogP contribution is -2.10. The minimum atomic E-state index is 1.10. The first-order valence-corrected chi connectivity index (χ1v) is 20.3. The standard InChI is InChI=1S/C58H39N/c1-2-10-40(11-3-1)47-14-8-15-48(36-47)41-28-32-52(33-29-41)59(53-34-30-42(31-35-53)50-26-24-45-22-20-43-12-4-6-18-55(43)57(45)38-50)54-17-9-16-49(37-54)51-27-25-46-23-21-44-13-5-7-19-56(44)58(46)39-51/h1-39H. The Balaban J connectivity index is 0.997. The molecule has 0 unspecified atom stereocenters. The van der Waals surface area contributed by atoms with Crippen LogP contribution in [0, 0.1) is 0 Å². The van der Waals surface area contributed by atoms with Gasteiger partial charge in [0.2, 0.25) is 0 Å². The highest BCUT2D eigenvalue weighted by Gasteiger charge is 2.15. The van der Waals surface area contributed by atoms with Gasteiger partial charge in [-0.3, -0.25) is 0 Å². The van der Waals surface area contributed by atoms with E-state index in [4.69, 9.17) is 0 Å². The number of rotatable bonds is 7. The highest BCUT2D eigenvalue weighted by Crippen LogP contribution is 2.40. The largest absolute Gasteiger partial charge is 0.310 e. The molecule has 276 valence electrons. The van der Waals surface area contributed by atoms with Crippen LogP contribution in [0.5, 0.6) is 0 Å². The number of fused-ring (bicyclic) bond motifs is 6. The molecule has 59 heavy (non-hydrogen) atoms. The second-order valence-corrected chi connectivity index (χ2v) is 15.4. The molecular formula is C58H39N. The van der Waals surface area contributed by atoms with Crippen LogP contribution in [-0.2, 0) is 0 Å². The summed E-state index contributed by atoms with van der Waals surface area (Å²) in [5.41, 5.74) is 12.9. The summed E-state index contributed by atoms with van der Waals surface area (Å²) in [5, 5.41) is 10.1. The minimum Gasteiger partial charge on any atom is -0.310 e. The zero-order valence-electron chi connectivity index (χ0n) is 32.5. The molecule has 0 aliphatic carbocycles. The Morgan fingerprint density at radius 3 is 1.08 bits per heavy atom. The Morgan fingerprint density at radius 2 is 0.542 bits per heavy atom. The second kappa shape index (κ2) is 14.6. The van der Waals surface area contributed by atoms with Crippen molar-refractivity contribution in [2.45, 2.75) is 0 Å². The Hall–Kier alpha value is -7.74. The van der Waals surface area contributed by atoms with E-state index >= 15 is 0 Å². The van der Waals surface area contributed by atoms with Crippen LogP contribution in [0.4, 0.5) is 17.1 Å². The highest BCUT2D eigenvalue weighted by atomic mass is 15.1. The van der Waals surface area contributed by atoms with Crippen molar-refractivity contribution in [2.24, 2.45) is 0 Å². The summed E-state index contributed by atoms with van der Waals surface area (Å²) in [7, 11) is 0. The van der Waals surface area contributed by atoms with E-state index < -0.39 is 0 Å². The van der Waals surface area contributed by atoms with E-state index in [0.717, 1.165) is 17.1 Å². The van der Waals surface area contributed by atoms with Crippen molar-refractivity contribution >= 4 is 60.2 Å². The van der Waals surface area contributed by atoms with Gasteiger partial charge in [-0.25, -0.2) is 0 Å². The topological polar surface area (TPSA) is 3.24 Å². The lowest BCUT2D eigenvalue weighted by atomic mass is 9.96. The molecule has 0 aromatic heterocycles. The molecule has 0 saturated heterocycles. The van der Waals surface area contributed by atoms with Crippen molar-refractivity contribution in [2.75, 3.05) is 4.90 Å². The molecule has 0 radical (unpaired) electrons. The highest BCUT2D eigenvalue weighted by molar-refractivity contribution is 6.10. The van der Waals surface area contributed by atoms with Crippen molar-refractivity contribution in [3.05, 3.63) is 237 Å². The van der Waals surface area contributed by atoms with E-state index in [1.54, 1.807) is 0 Å². The molecule has 0 spiro atoms.